The number of rotatable bonds is 5. The van der Waals surface area contributed by atoms with E-state index in [0.717, 1.165) is 30.9 Å². The van der Waals surface area contributed by atoms with Crippen LogP contribution in [-0.2, 0) is 4.79 Å². The molecule has 1 aromatic heterocycles. The Kier molecular flexibility index (Phi) is 6.57. The fourth-order valence-corrected chi connectivity index (χ4v) is 3.95. The largest absolute Gasteiger partial charge is 0.366 e. The number of piperidine rings is 1. The van der Waals surface area contributed by atoms with Gasteiger partial charge in [-0.05, 0) is 56.0 Å². The molecule has 2 fully saturated rings. The van der Waals surface area contributed by atoms with Gasteiger partial charge in [0.1, 0.15) is 5.82 Å². The first-order valence-corrected chi connectivity index (χ1v) is 9.44. The van der Waals surface area contributed by atoms with Crippen molar-refractivity contribution in [2.75, 3.05) is 18.4 Å². The van der Waals surface area contributed by atoms with E-state index in [1.165, 1.54) is 56.7 Å². The first-order chi connectivity index (χ1) is 12.7. The van der Waals surface area contributed by atoms with Gasteiger partial charge < -0.3 is 5.32 Å². The van der Waals surface area contributed by atoms with Crippen molar-refractivity contribution in [3.05, 3.63) is 29.7 Å². The summed E-state index contributed by atoms with van der Waals surface area (Å²) in [6.45, 7) is 2.23. The third-order valence-electron chi connectivity index (χ3n) is 5.29. The molecule has 1 saturated heterocycles. The first-order valence-electron chi connectivity index (χ1n) is 9.44. The summed E-state index contributed by atoms with van der Waals surface area (Å²) >= 11 is 0. The number of anilines is 1. The molecular weight excluding hydrogens is 335 g/mol. The van der Waals surface area contributed by atoms with Crippen LogP contribution in [0.25, 0.3) is 6.08 Å². The molecule has 2 heterocycles. The highest BCUT2D eigenvalue weighted by Crippen LogP contribution is 2.26. The number of likely N-dealkylation sites (tertiary alicyclic amines) is 1. The van der Waals surface area contributed by atoms with E-state index in [1.807, 2.05) is 0 Å². The molecule has 6 nitrogen and oxygen atoms in total. The fourth-order valence-electron chi connectivity index (χ4n) is 3.95. The molecule has 1 amide bonds. The minimum atomic E-state index is -1.17. The Bertz CT molecular complexity index is 629. The SMILES string of the molecule is O=C(NO)C(F)=Cc1ccc(N[C@@H]2CCCN(C3CCCCC3)C2)nc1. The molecule has 0 spiro atoms. The molecule has 1 atom stereocenters. The summed E-state index contributed by atoms with van der Waals surface area (Å²) in [5, 5.41) is 11.9. The molecule has 142 valence electrons. The molecule has 2 aliphatic rings. The number of aromatic nitrogens is 1. The minimum absolute atomic E-state index is 0.372. The Morgan fingerprint density at radius 2 is 2.04 bits per heavy atom. The van der Waals surface area contributed by atoms with Crippen molar-refractivity contribution in [2.24, 2.45) is 0 Å². The van der Waals surface area contributed by atoms with Gasteiger partial charge >= 0.3 is 5.91 Å². The number of carbonyl (C=O) groups is 1. The molecule has 7 heteroatoms. The molecule has 1 aliphatic carbocycles. The van der Waals surface area contributed by atoms with Crippen molar-refractivity contribution in [2.45, 2.75) is 57.0 Å². The highest BCUT2D eigenvalue weighted by atomic mass is 19.1. The molecule has 0 aromatic carbocycles. The van der Waals surface area contributed by atoms with Crippen LogP contribution in [0.3, 0.4) is 0 Å². The summed E-state index contributed by atoms with van der Waals surface area (Å²) in [5.41, 5.74) is 1.72. The molecule has 1 aliphatic heterocycles. The van der Waals surface area contributed by atoms with Gasteiger partial charge in [0.25, 0.3) is 0 Å². The third-order valence-corrected chi connectivity index (χ3v) is 5.29. The molecule has 3 N–H and O–H groups in total. The Labute approximate surface area is 153 Å². The number of nitrogens with zero attached hydrogens (tertiary/aromatic N) is 2. The van der Waals surface area contributed by atoms with Crippen LogP contribution < -0.4 is 10.8 Å². The van der Waals surface area contributed by atoms with Gasteiger partial charge in [0, 0.05) is 24.8 Å². The van der Waals surface area contributed by atoms with Crippen LogP contribution in [0, 0.1) is 0 Å². The lowest BCUT2D eigenvalue weighted by Gasteiger charge is -2.40. The standard InChI is InChI=1S/C19H27FN4O2/c20-17(19(25)23-26)11-14-8-9-18(21-12-14)22-15-5-4-10-24(13-15)16-6-2-1-3-7-16/h8-9,11-12,15-16,26H,1-7,10,13H2,(H,21,22)(H,23,25)/t15-/m1/s1. The maximum atomic E-state index is 13.4. The van der Waals surface area contributed by atoms with Crippen LogP contribution in [0.15, 0.2) is 24.2 Å². The Balaban J connectivity index is 1.55. The second kappa shape index (κ2) is 9.09. The average Bonchev–Trinajstić information content (AvgIpc) is 2.69. The lowest BCUT2D eigenvalue weighted by molar-refractivity contribution is -0.126. The molecule has 26 heavy (non-hydrogen) atoms. The summed E-state index contributed by atoms with van der Waals surface area (Å²) in [6.07, 6.45) is 11.6. The van der Waals surface area contributed by atoms with Gasteiger partial charge in [-0.2, -0.15) is 0 Å². The Morgan fingerprint density at radius 1 is 1.23 bits per heavy atom. The molecule has 0 unspecified atom stereocenters. The van der Waals surface area contributed by atoms with E-state index in [4.69, 9.17) is 5.21 Å². The van der Waals surface area contributed by atoms with Gasteiger partial charge in [-0.15, -0.1) is 0 Å². The van der Waals surface area contributed by atoms with Gasteiger partial charge in [0.2, 0.25) is 0 Å². The maximum Gasteiger partial charge on any atom is 0.303 e. The van der Waals surface area contributed by atoms with Crippen molar-refractivity contribution < 1.29 is 14.4 Å². The molecule has 3 rings (SSSR count). The zero-order chi connectivity index (χ0) is 18.4. The molecule has 1 aromatic rings. The number of halogens is 1. The number of hydrogen-bond donors (Lipinski definition) is 3. The smallest absolute Gasteiger partial charge is 0.303 e. The third kappa shape index (κ3) is 5.02. The number of amides is 1. The topological polar surface area (TPSA) is 77.5 Å². The van der Waals surface area contributed by atoms with Crippen molar-refractivity contribution in [3.8, 4) is 0 Å². The van der Waals surface area contributed by atoms with E-state index in [9.17, 15) is 9.18 Å². The fraction of sp³-hybridized carbons (Fsp3) is 0.579. The summed E-state index contributed by atoms with van der Waals surface area (Å²) < 4.78 is 13.4. The van der Waals surface area contributed by atoms with Crippen molar-refractivity contribution in [1.82, 2.24) is 15.4 Å². The quantitative estimate of drug-likeness (QED) is 0.426. The Hall–Kier alpha value is -1.99. The van der Waals surface area contributed by atoms with Crippen LogP contribution in [0.1, 0.15) is 50.5 Å². The van der Waals surface area contributed by atoms with Gasteiger partial charge in [-0.25, -0.2) is 14.9 Å². The van der Waals surface area contributed by atoms with E-state index in [-0.39, 0.29) is 0 Å². The molecule has 1 saturated carbocycles. The molecule has 0 radical (unpaired) electrons. The number of carbonyl (C=O) groups excluding carboxylic acids is 1. The molecule has 0 bridgehead atoms. The predicted octanol–water partition coefficient (Wildman–Crippen LogP) is 3.11. The number of hydroxylamine groups is 1. The van der Waals surface area contributed by atoms with Crippen LogP contribution in [0.2, 0.25) is 0 Å². The number of nitrogens with one attached hydrogen (secondary N) is 2. The second-order valence-corrected chi connectivity index (χ2v) is 7.18. The van der Waals surface area contributed by atoms with Crippen LogP contribution in [0.4, 0.5) is 10.2 Å². The first kappa shape index (κ1) is 18.8. The van der Waals surface area contributed by atoms with E-state index in [2.05, 4.69) is 15.2 Å². The van der Waals surface area contributed by atoms with E-state index < -0.39 is 11.7 Å². The van der Waals surface area contributed by atoms with Crippen LogP contribution in [0.5, 0.6) is 0 Å². The average molecular weight is 362 g/mol. The van der Waals surface area contributed by atoms with E-state index in [1.54, 1.807) is 12.1 Å². The van der Waals surface area contributed by atoms with Gasteiger partial charge in [-0.3, -0.25) is 14.9 Å². The normalized spacial score (nSPS) is 22.8. The summed E-state index contributed by atoms with van der Waals surface area (Å²) in [7, 11) is 0. The van der Waals surface area contributed by atoms with Gasteiger partial charge in [-0.1, -0.05) is 19.3 Å². The number of pyridine rings is 1. The van der Waals surface area contributed by atoms with Crippen molar-refractivity contribution in [1.29, 1.82) is 0 Å². The number of hydrogen-bond acceptors (Lipinski definition) is 5. The summed E-state index contributed by atoms with van der Waals surface area (Å²) in [5.74, 6) is -1.48. The lowest BCUT2D eigenvalue weighted by atomic mass is 9.92. The summed E-state index contributed by atoms with van der Waals surface area (Å²) in [6, 6.07) is 4.59. The van der Waals surface area contributed by atoms with Crippen LogP contribution >= 0.6 is 0 Å². The second-order valence-electron chi connectivity index (χ2n) is 7.18. The zero-order valence-electron chi connectivity index (χ0n) is 15.0. The van der Waals surface area contributed by atoms with Gasteiger partial charge in [0.05, 0.1) is 0 Å². The van der Waals surface area contributed by atoms with Crippen molar-refractivity contribution >= 4 is 17.8 Å². The predicted molar refractivity (Wildman–Crippen MR) is 98.3 cm³/mol. The molecular formula is C19H27FN4O2. The van der Waals surface area contributed by atoms with Crippen LogP contribution in [-0.4, -0.2) is 46.2 Å². The Morgan fingerprint density at radius 3 is 2.73 bits per heavy atom. The summed E-state index contributed by atoms with van der Waals surface area (Å²) in [4.78, 5) is 17.9. The maximum absolute atomic E-state index is 13.4. The highest BCUT2D eigenvalue weighted by molar-refractivity contribution is 5.94. The van der Waals surface area contributed by atoms with Crippen molar-refractivity contribution in [3.63, 3.8) is 0 Å². The zero-order valence-corrected chi connectivity index (χ0v) is 15.0. The minimum Gasteiger partial charge on any atom is -0.366 e. The highest BCUT2D eigenvalue weighted by Gasteiger charge is 2.26. The van der Waals surface area contributed by atoms with E-state index in [0.29, 0.717) is 11.6 Å². The lowest BCUT2D eigenvalue weighted by Crippen LogP contribution is -2.47. The monoisotopic (exact) mass is 362 g/mol. The van der Waals surface area contributed by atoms with Gasteiger partial charge in [0.15, 0.2) is 5.83 Å². The van der Waals surface area contributed by atoms with E-state index >= 15 is 0 Å².